The molecule has 0 aliphatic carbocycles. The van der Waals surface area contributed by atoms with Crippen molar-refractivity contribution in [3.8, 4) is 11.5 Å². The number of hydrogen-bond acceptors (Lipinski definition) is 7. The molecule has 2 atom stereocenters. The van der Waals surface area contributed by atoms with Crippen LogP contribution in [0.15, 0.2) is 30.3 Å². The third-order valence-corrected chi connectivity index (χ3v) is 5.82. The van der Waals surface area contributed by atoms with Crippen LogP contribution in [0.3, 0.4) is 0 Å². The third kappa shape index (κ3) is 5.70. The molecule has 35 heavy (non-hydrogen) atoms. The number of nitrogens with zero attached hydrogens (tertiary/aromatic N) is 2. The first-order chi connectivity index (χ1) is 16.5. The Bertz CT molecular complexity index is 1220. The molecule has 2 aromatic carbocycles. The number of nitrogens with one attached hydrogen (secondary N) is 1. The topological polar surface area (TPSA) is 91.5 Å². The molecule has 4 rings (SSSR count). The van der Waals surface area contributed by atoms with Crippen molar-refractivity contribution in [3.05, 3.63) is 47.3 Å². The second-order valence-electron chi connectivity index (χ2n) is 9.01. The Hall–Kier alpha value is -3.27. The SMILES string of the molecule is Cc1nc(N[C@H](C)c2cc(N)cc(C(F)(F)F)c2)c2cc3c(cc2n1)OCCOCC(C(C)C)O3. The Morgan fingerprint density at radius 2 is 1.80 bits per heavy atom. The minimum Gasteiger partial charge on any atom is -0.487 e. The van der Waals surface area contributed by atoms with E-state index in [2.05, 4.69) is 29.1 Å². The number of aromatic nitrogens is 2. The summed E-state index contributed by atoms with van der Waals surface area (Å²) in [4.78, 5) is 9.06. The van der Waals surface area contributed by atoms with Crippen LogP contribution in [-0.2, 0) is 10.9 Å². The molecule has 0 fully saturated rings. The normalized spacial score (nSPS) is 17.5. The first-order valence-electron chi connectivity index (χ1n) is 11.4. The number of aryl methyl sites for hydroxylation is 1. The Balaban J connectivity index is 1.74. The van der Waals surface area contributed by atoms with Gasteiger partial charge in [0.05, 0.1) is 30.3 Å². The van der Waals surface area contributed by atoms with Gasteiger partial charge in [0.15, 0.2) is 11.5 Å². The van der Waals surface area contributed by atoms with E-state index in [9.17, 15) is 13.2 Å². The van der Waals surface area contributed by atoms with Gasteiger partial charge in [0.25, 0.3) is 0 Å². The molecule has 2 heterocycles. The summed E-state index contributed by atoms with van der Waals surface area (Å²) in [5.41, 5.74) is 6.02. The van der Waals surface area contributed by atoms with Gasteiger partial charge in [-0.25, -0.2) is 9.97 Å². The van der Waals surface area contributed by atoms with E-state index in [0.29, 0.717) is 59.4 Å². The van der Waals surface area contributed by atoms with Gasteiger partial charge < -0.3 is 25.3 Å². The quantitative estimate of drug-likeness (QED) is 0.465. The number of hydrogen-bond donors (Lipinski definition) is 2. The van der Waals surface area contributed by atoms with Crippen molar-refractivity contribution >= 4 is 22.4 Å². The minimum atomic E-state index is -4.49. The lowest BCUT2D eigenvalue weighted by molar-refractivity contribution is -0.137. The molecule has 0 bridgehead atoms. The summed E-state index contributed by atoms with van der Waals surface area (Å²) in [5, 5.41) is 3.89. The van der Waals surface area contributed by atoms with Crippen LogP contribution in [0.5, 0.6) is 11.5 Å². The lowest BCUT2D eigenvalue weighted by Crippen LogP contribution is -2.28. The highest BCUT2D eigenvalue weighted by atomic mass is 19.4. The Morgan fingerprint density at radius 3 is 2.51 bits per heavy atom. The van der Waals surface area contributed by atoms with Crippen LogP contribution in [0.25, 0.3) is 10.9 Å². The lowest BCUT2D eigenvalue weighted by Gasteiger charge is -2.23. The Kier molecular flexibility index (Phi) is 6.93. The van der Waals surface area contributed by atoms with Gasteiger partial charge in [0.1, 0.15) is 24.4 Å². The molecule has 188 valence electrons. The lowest BCUT2D eigenvalue weighted by atomic mass is 10.0. The van der Waals surface area contributed by atoms with Crippen LogP contribution in [0.4, 0.5) is 24.7 Å². The van der Waals surface area contributed by atoms with E-state index in [0.717, 1.165) is 12.1 Å². The summed E-state index contributed by atoms with van der Waals surface area (Å²) in [6.07, 6.45) is -4.67. The predicted octanol–water partition coefficient (Wildman–Crippen LogP) is 5.52. The monoisotopic (exact) mass is 490 g/mol. The predicted molar refractivity (Wildman–Crippen MR) is 128 cm³/mol. The molecule has 0 saturated carbocycles. The van der Waals surface area contributed by atoms with Crippen molar-refractivity contribution in [2.75, 3.05) is 30.9 Å². The van der Waals surface area contributed by atoms with Crippen LogP contribution in [0.1, 0.15) is 43.8 Å². The zero-order valence-corrected chi connectivity index (χ0v) is 20.1. The van der Waals surface area contributed by atoms with E-state index in [1.54, 1.807) is 26.0 Å². The van der Waals surface area contributed by atoms with E-state index in [-0.39, 0.29) is 17.7 Å². The maximum absolute atomic E-state index is 13.3. The molecular weight excluding hydrogens is 461 g/mol. The summed E-state index contributed by atoms with van der Waals surface area (Å²) in [6, 6.07) is 6.62. The standard InChI is InChI=1S/C25H29F3N4O3/c1-13(2)23-12-33-5-6-34-21-11-20-19(10-22(21)35-23)24(32-15(4)31-20)30-14(3)16-7-17(25(26,27)28)9-18(29)8-16/h7-11,13-14,23H,5-6,12,29H2,1-4H3,(H,30,31,32)/t14-,23?/m1/s1. The second-order valence-corrected chi connectivity index (χ2v) is 9.01. The van der Waals surface area contributed by atoms with E-state index in [4.69, 9.17) is 19.9 Å². The fraction of sp³-hybridized carbons (Fsp3) is 0.440. The minimum absolute atomic E-state index is 0.0390. The van der Waals surface area contributed by atoms with Gasteiger partial charge in [0.2, 0.25) is 0 Å². The zero-order valence-electron chi connectivity index (χ0n) is 20.1. The molecule has 0 amide bonds. The van der Waals surface area contributed by atoms with Gasteiger partial charge in [-0.15, -0.1) is 0 Å². The number of anilines is 2. The summed E-state index contributed by atoms with van der Waals surface area (Å²) >= 11 is 0. The number of halogens is 3. The van der Waals surface area contributed by atoms with E-state index in [1.165, 1.54) is 6.07 Å². The van der Waals surface area contributed by atoms with Gasteiger partial charge in [0, 0.05) is 17.1 Å². The average molecular weight is 491 g/mol. The zero-order chi connectivity index (χ0) is 25.3. The molecule has 1 aliphatic heterocycles. The summed E-state index contributed by atoms with van der Waals surface area (Å²) < 4.78 is 57.7. The Morgan fingerprint density at radius 1 is 1.03 bits per heavy atom. The van der Waals surface area contributed by atoms with E-state index in [1.807, 2.05) is 0 Å². The van der Waals surface area contributed by atoms with Crippen molar-refractivity contribution in [1.29, 1.82) is 0 Å². The smallest absolute Gasteiger partial charge is 0.416 e. The van der Waals surface area contributed by atoms with Gasteiger partial charge in [-0.1, -0.05) is 13.8 Å². The molecule has 3 aromatic rings. The molecule has 1 aromatic heterocycles. The largest absolute Gasteiger partial charge is 0.487 e. The number of rotatable bonds is 4. The number of fused-ring (bicyclic) bond motifs is 2. The van der Waals surface area contributed by atoms with Crippen LogP contribution in [0, 0.1) is 12.8 Å². The third-order valence-electron chi connectivity index (χ3n) is 5.82. The second kappa shape index (κ2) is 9.77. The molecule has 0 radical (unpaired) electrons. The van der Waals surface area contributed by atoms with Gasteiger partial charge in [-0.05, 0) is 49.6 Å². The first-order valence-corrected chi connectivity index (χ1v) is 11.4. The Labute approximate surface area is 201 Å². The number of nitrogen functional groups attached to an aromatic ring is 1. The van der Waals surface area contributed by atoms with Crippen molar-refractivity contribution < 1.29 is 27.4 Å². The molecule has 10 heteroatoms. The summed E-state index contributed by atoms with van der Waals surface area (Å²) in [6.45, 7) is 8.85. The van der Waals surface area contributed by atoms with E-state index < -0.39 is 17.8 Å². The van der Waals surface area contributed by atoms with Crippen molar-refractivity contribution in [3.63, 3.8) is 0 Å². The number of nitrogens with two attached hydrogens (primary N) is 1. The molecule has 0 spiro atoms. The maximum atomic E-state index is 13.3. The molecule has 1 aliphatic rings. The fourth-order valence-electron chi connectivity index (χ4n) is 3.88. The molecule has 0 saturated heterocycles. The van der Waals surface area contributed by atoms with Crippen LogP contribution in [0.2, 0.25) is 0 Å². The number of benzene rings is 2. The first kappa shape index (κ1) is 24.8. The van der Waals surface area contributed by atoms with Crippen LogP contribution < -0.4 is 20.5 Å². The molecule has 1 unspecified atom stereocenters. The van der Waals surface area contributed by atoms with Gasteiger partial charge in [-0.2, -0.15) is 13.2 Å². The summed E-state index contributed by atoms with van der Waals surface area (Å²) in [7, 11) is 0. The van der Waals surface area contributed by atoms with Crippen LogP contribution in [-0.4, -0.2) is 35.9 Å². The molecule has 3 N–H and O–H groups in total. The fourth-order valence-corrected chi connectivity index (χ4v) is 3.88. The van der Waals surface area contributed by atoms with Gasteiger partial charge >= 0.3 is 6.18 Å². The van der Waals surface area contributed by atoms with Crippen molar-refractivity contribution in [2.24, 2.45) is 5.92 Å². The highest BCUT2D eigenvalue weighted by molar-refractivity contribution is 5.92. The molecule has 7 nitrogen and oxygen atoms in total. The number of alkyl halides is 3. The number of ether oxygens (including phenoxy) is 3. The van der Waals surface area contributed by atoms with Crippen LogP contribution >= 0.6 is 0 Å². The average Bonchev–Trinajstić information content (AvgIpc) is 2.87. The van der Waals surface area contributed by atoms with Crippen molar-refractivity contribution in [1.82, 2.24) is 9.97 Å². The summed E-state index contributed by atoms with van der Waals surface area (Å²) in [5.74, 6) is 2.27. The highest BCUT2D eigenvalue weighted by Crippen LogP contribution is 2.38. The maximum Gasteiger partial charge on any atom is 0.416 e. The van der Waals surface area contributed by atoms with E-state index >= 15 is 0 Å². The molecular formula is C25H29F3N4O3. The van der Waals surface area contributed by atoms with Gasteiger partial charge in [-0.3, -0.25) is 0 Å². The highest BCUT2D eigenvalue weighted by Gasteiger charge is 2.31. The van der Waals surface area contributed by atoms with Crippen molar-refractivity contribution in [2.45, 2.75) is 46.0 Å².